The first kappa shape index (κ1) is 13.6. The van der Waals surface area contributed by atoms with Crippen LogP contribution in [0.25, 0.3) is 0 Å². The Morgan fingerprint density at radius 1 is 1.32 bits per heavy atom. The van der Waals surface area contributed by atoms with Gasteiger partial charge in [-0.1, -0.05) is 25.1 Å². The van der Waals surface area contributed by atoms with Crippen molar-refractivity contribution in [2.45, 2.75) is 39.7 Å². The topological polar surface area (TPSA) is 49.4 Å². The molecule has 19 heavy (non-hydrogen) atoms. The fraction of sp³-hybridized carbons (Fsp3) is 0.467. The molecule has 0 saturated carbocycles. The molecular formula is C15H20N2O2. The van der Waals surface area contributed by atoms with Gasteiger partial charge in [0.15, 0.2) is 0 Å². The third-order valence-electron chi connectivity index (χ3n) is 3.62. The molecule has 2 rings (SSSR count). The van der Waals surface area contributed by atoms with E-state index in [1.165, 1.54) is 10.5 Å². The van der Waals surface area contributed by atoms with Gasteiger partial charge in [-0.05, 0) is 31.4 Å². The minimum absolute atomic E-state index is 0.0865. The number of carbonyl (C=O) groups excluding carboxylic acids is 2. The Kier molecular flexibility index (Phi) is 3.88. The number of hydrogen-bond acceptors (Lipinski definition) is 3. The summed E-state index contributed by atoms with van der Waals surface area (Å²) in [6, 6.07) is 5.66. The van der Waals surface area contributed by atoms with E-state index in [4.69, 9.17) is 0 Å². The summed E-state index contributed by atoms with van der Waals surface area (Å²) in [5.41, 5.74) is 3.28. The third kappa shape index (κ3) is 2.48. The van der Waals surface area contributed by atoms with E-state index in [2.05, 4.69) is 12.2 Å². The van der Waals surface area contributed by atoms with Gasteiger partial charge in [-0.15, -0.1) is 0 Å². The van der Waals surface area contributed by atoms with E-state index < -0.39 is 6.04 Å². The zero-order valence-corrected chi connectivity index (χ0v) is 11.7. The Bertz CT molecular complexity index is 511. The van der Waals surface area contributed by atoms with Gasteiger partial charge >= 0.3 is 0 Å². The third-order valence-corrected chi connectivity index (χ3v) is 3.62. The highest BCUT2D eigenvalue weighted by Crippen LogP contribution is 2.25. The van der Waals surface area contributed by atoms with Crippen molar-refractivity contribution in [2.75, 3.05) is 11.9 Å². The van der Waals surface area contributed by atoms with Crippen molar-refractivity contribution in [3.8, 4) is 0 Å². The van der Waals surface area contributed by atoms with Crippen molar-refractivity contribution >= 4 is 17.5 Å². The molecule has 1 fully saturated rings. The van der Waals surface area contributed by atoms with Gasteiger partial charge < -0.3 is 5.32 Å². The van der Waals surface area contributed by atoms with Crippen LogP contribution in [0.5, 0.6) is 0 Å². The molecular weight excluding hydrogens is 240 g/mol. The lowest BCUT2D eigenvalue weighted by atomic mass is 10.0. The molecule has 0 aromatic heterocycles. The average molecular weight is 260 g/mol. The smallest absolute Gasteiger partial charge is 0.252 e. The number of para-hydroxylation sites is 1. The molecule has 1 aromatic rings. The minimum atomic E-state index is -0.418. The van der Waals surface area contributed by atoms with E-state index >= 15 is 0 Å². The van der Waals surface area contributed by atoms with E-state index in [1.54, 1.807) is 0 Å². The fourth-order valence-electron chi connectivity index (χ4n) is 2.53. The van der Waals surface area contributed by atoms with Gasteiger partial charge in [0.1, 0.15) is 6.04 Å². The molecule has 1 N–H and O–H groups in total. The normalized spacial score (nSPS) is 19.1. The van der Waals surface area contributed by atoms with Crippen LogP contribution in [0.1, 0.15) is 31.4 Å². The van der Waals surface area contributed by atoms with Gasteiger partial charge in [0.25, 0.3) is 5.91 Å². The SMILES string of the molecule is CCc1cccc(C)c1NC1CC(=O)N(CC)C1=O. The second-order valence-corrected chi connectivity index (χ2v) is 4.84. The van der Waals surface area contributed by atoms with Crippen LogP contribution < -0.4 is 5.32 Å². The van der Waals surface area contributed by atoms with Gasteiger partial charge in [0.2, 0.25) is 5.91 Å². The molecule has 102 valence electrons. The summed E-state index contributed by atoms with van der Waals surface area (Å²) in [4.78, 5) is 25.1. The Hall–Kier alpha value is -1.84. The van der Waals surface area contributed by atoms with Crippen molar-refractivity contribution in [3.05, 3.63) is 29.3 Å². The van der Waals surface area contributed by atoms with Crippen LogP contribution in [0.3, 0.4) is 0 Å². The lowest BCUT2D eigenvalue weighted by Crippen LogP contribution is -2.34. The number of benzene rings is 1. The van der Waals surface area contributed by atoms with Crippen molar-refractivity contribution < 1.29 is 9.59 Å². The molecule has 1 aromatic carbocycles. The molecule has 2 amide bonds. The molecule has 4 nitrogen and oxygen atoms in total. The quantitative estimate of drug-likeness (QED) is 0.844. The molecule has 1 heterocycles. The lowest BCUT2D eigenvalue weighted by molar-refractivity contribution is -0.138. The fourth-order valence-corrected chi connectivity index (χ4v) is 2.53. The van der Waals surface area contributed by atoms with Crippen LogP contribution in [0.4, 0.5) is 5.69 Å². The highest BCUT2D eigenvalue weighted by molar-refractivity contribution is 6.06. The monoisotopic (exact) mass is 260 g/mol. The van der Waals surface area contributed by atoms with E-state index in [9.17, 15) is 9.59 Å². The van der Waals surface area contributed by atoms with Gasteiger partial charge in [0, 0.05) is 12.2 Å². The van der Waals surface area contributed by atoms with E-state index in [0.29, 0.717) is 6.54 Å². The van der Waals surface area contributed by atoms with Gasteiger partial charge in [-0.25, -0.2) is 0 Å². The van der Waals surface area contributed by atoms with E-state index in [1.807, 2.05) is 32.0 Å². The Labute approximate surface area is 113 Å². The largest absolute Gasteiger partial charge is 0.373 e. The number of imide groups is 1. The first-order valence-electron chi connectivity index (χ1n) is 6.77. The first-order chi connectivity index (χ1) is 9.08. The summed E-state index contributed by atoms with van der Waals surface area (Å²) in [6.45, 7) is 6.37. The molecule has 1 aliphatic heterocycles. The summed E-state index contributed by atoms with van der Waals surface area (Å²) >= 11 is 0. The average Bonchev–Trinajstić information content (AvgIpc) is 2.66. The number of nitrogens with zero attached hydrogens (tertiary/aromatic N) is 1. The molecule has 1 saturated heterocycles. The Morgan fingerprint density at radius 3 is 2.63 bits per heavy atom. The van der Waals surface area contributed by atoms with Crippen LogP contribution in [0.2, 0.25) is 0 Å². The van der Waals surface area contributed by atoms with Crippen molar-refractivity contribution in [3.63, 3.8) is 0 Å². The molecule has 1 unspecified atom stereocenters. The maximum Gasteiger partial charge on any atom is 0.252 e. The number of carbonyl (C=O) groups is 2. The van der Waals surface area contributed by atoms with E-state index in [0.717, 1.165) is 17.7 Å². The number of anilines is 1. The number of hydrogen-bond donors (Lipinski definition) is 1. The standard InChI is InChI=1S/C15H20N2O2/c1-4-11-8-6-7-10(3)14(11)16-12-9-13(18)17(5-2)15(12)19/h6-8,12,16H,4-5,9H2,1-3H3. The summed E-state index contributed by atoms with van der Waals surface area (Å²) in [5, 5.41) is 3.26. The number of nitrogens with one attached hydrogen (secondary N) is 1. The Balaban J connectivity index is 2.23. The van der Waals surface area contributed by atoms with E-state index in [-0.39, 0.29) is 18.2 Å². The maximum atomic E-state index is 12.1. The number of likely N-dealkylation sites (tertiary alicyclic amines) is 1. The van der Waals surface area contributed by atoms with Crippen molar-refractivity contribution in [1.29, 1.82) is 0 Å². The number of aryl methyl sites for hydroxylation is 2. The lowest BCUT2D eigenvalue weighted by Gasteiger charge is -2.18. The van der Waals surface area contributed by atoms with Gasteiger partial charge in [-0.3, -0.25) is 14.5 Å². The van der Waals surface area contributed by atoms with Gasteiger partial charge in [0.05, 0.1) is 6.42 Å². The molecule has 0 radical (unpaired) electrons. The molecule has 1 atom stereocenters. The summed E-state index contributed by atoms with van der Waals surface area (Å²) in [5.74, 6) is -0.200. The highest BCUT2D eigenvalue weighted by Gasteiger charge is 2.37. The van der Waals surface area contributed by atoms with Crippen molar-refractivity contribution in [2.24, 2.45) is 0 Å². The van der Waals surface area contributed by atoms with Gasteiger partial charge in [-0.2, -0.15) is 0 Å². The number of amides is 2. The summed E-state index contributed by atoms with van der Waals surface area (Å²) in [6.07, 6.45) is 1.15. The molecule has 4 heteroatoms. The highest BCUT2D eigenvalue weighted by atomic mass is 16.2. The van der Waals surface area contributed by atoms with Crippen LogP contribution in [-0.4, -0.2) is 29.3 Å². The number of likely N-dealkylation sites (N-methyl/N-ethyl adjacent to an activating group) is 1. The molecule has 0 aliphatic carbocycles. The minimum Gasteiger partial charge on any atom is -0.373 e. The zero-order valence-electron chi connectivity index (χ0n) is 11.7. The summed E-state index contributed by atoms with van der Waals surface area (Å²) in [7, 11) is 0. The zero-order chi connectivity index (χ0) is 14.0. The van der Waals surface area contributed by atoms with Crippen molar-refractivity contribution in [1.82, 2.24) is 4.90 Å². The first-order valence-corrected chi connectivity index (χ1v) is 6.77. The van der Waals surface area contributed by atoms with Crippen LogP contribution >= 0.6 is 0 Å². The molecule has 0 bridgehead atoms. The van der Waals surface area contributed by atoms with Crippen LogP contribution in [0, 0.1) is 6.92 Å². The predicted octanol–water partition coefficient (Wildman–Crippen LogP) is 2.12. The van der Waals surface area contributed by atoms with Crippen LogP contribution in [-0.2, 0) is 16.0 Å². The second kappa shape index (κ2) is 5.43. The number of rotatable bonds is 4. The molecule has 0 spiro atoms. The summed E-state index contributed by atoms with van der Waals surface area (Å²) < 4.78 is 0. The maximum absolute atomic E-state index is 12.1. The second-order valence-electron chi connectivity index (χ2n) is 4.84. The Morgan fingerprint density at radius 2 is 2.05 bits per heavy atom. The predicted molar refractivity (Wildman–Crippen MR) is 75.0 cm³/mol. The van der Waals surface area contributed by atoms with Crippen LogP contribution in [0.15, 0.2) is 18.2 Å². The molecule has 1 aliphatic rings.